The fourth-order valence-electron chi connectivity index (χ4n) is 1.43. The van der Waals surface area contributed by atoms with Crippen molar-refractivity contribution in [3.63, 3.8) is 0 Å². The number of nitrogens with one attached hydrogen (secondary N) is 3. The molecule has 1 aliphatic heterocycles. The minimum absolute atomic E-state index is 1.02. The van der Waals surface area contributed by atoms with Crippen molar-refractivity contribution in [3.8, 4) is 0 Å². The highest BCUT2D eigenvalue weighted by Crippen LogP contribution is 1.88. The van der Waals surface area contributed by atoms with Crippen molar-refractivity contribution in [1.29, 1.82) is 0 Å². The first-order valence-corrected chi connectivity index (χ1v) is 5.24. The predicted molar refractivity (Wildman–Crippen MR) is 55.4 cm³/mol. The Morgan fingerprint density at radius 1 is 0.923 bits per heavy atom. The van der Waals surface area contributed by atoms with E-state index in [4.69, 9.17) is 0 Å². The zero-order valence-electron chi connectivity index (χ0n) is 8.60. The third-order valence-corrected chi connectivity index (χ3v) is 2.25. The molecule has 0 bridgehead atoms. The maximum absolute atomic E-state index is 3.43. The molecule has 0 spiro atoms. The van der Waals surface area contributed by atoms with Crippen molar-refractivity contribution >= 4 is 0 Å². The Labute approximate surface area is 81.0 Å². The number of rotatable bonds is 0. The van der Waals surface area contributed by atoms with Crippen LogP contribution in [0.3, 0.4) is 0 Å². The third kappa shape index (κ3) is 5.99. The van der Waals surface area contributed by atoms with Crippen LogP contribution in [-0.2, 0) is 0 Å². The molecule has 4 nitrogen and oxygen atoms in total. The summed E-state index contributed by atoms with van der Waals surface area (Å²) in [5.74, 6) is 0. The second kappa shape index (κ2) is 7.26. The molecule has 78 valence electrons. The van der Waals surface area contributed by atoms with Gasteiger partial charge in [-0.05, 0) is 32.9 Å². The molecule has 0 radical (unpaired) electrons. The lowest BCUT2D eigenvalue weighted by molar-refractivity contribution is 0.293. The van der Waals surface area contributed by atoms with Crippen molar-refractivity contribution < 1.29 is 0 Å². The van der Waals surface area contributed by atoms with Crippen molar-refractivity contribution in [2.75, 3.05) is 39.9 Å². The van der Waals surface area contributed by atoms with Gasteiger partial charge in [-0.2, -0.15) is 0 Å². The summed E-state index contributed by atoms with van der Waals surface area (Å²) < 4.78 is 0. The Bertz CT molecular complexity index is 106. The summed E-state index contributed by atoms with van der Waals surface area (Å²) in [6.07, 6.45) is 3.69. The minimum Gasteiger partial charge on any atom is -0.304 e. The lowest BCUT2D eigenvalue weighted by atomic mass is 10.3. The van der Waals surface area contributed by atoms with E-state index in [1.165, 1.54) is 19.3 Å². The molecule has 0 aromatic carbocycles. The number of hydrazine groups is 1. The summed E-state index contributed by atoms with van der Waals surface area (Å²) in [6.45, 7) is 5.45. The number of hydrogen-bond acceptors (Lipinski definition) is 4. The Morgan fingerprint density at radius 3 is 2.46 bits per heavy atom. The van der Waals surface area contributed by atoms with Crippen LogP contribution >= 0.6 is 0 Å². The molecule has 0 amide bonds. The second-order valence-corrected chi connectivity index (χ2v) is 3.65. The summed E-state index contributed by atoms with van der Waals surface area (Å²) in [5, 5.41) is 3.43. The molecule has 1 rings (SSSR count). The van der Waals surface area contributed by atoms with Crippen molar-refractivity contribution in [3.05, 3.63) is 0 Å². The van der Waals surface area contributed by atoms with Gasteiger partial charge >= 0.3 is 0 Å². The van der Waals surface area contributed by atoms with E-state index in [2.05, 4.69) is 28.1 Å². The molecular weight excluding hydrogens is 164 g/mol. The maximum Gasteiger partial charge on any atom is 0.0477 e. The Kier molecular flexibility index (Phi) is 6.10. The van der Waals surface area contributed by atoms with Crippen molar-refractivity contribution in [2.24, 2.45) is 0 Å². The molecule has 0 atom stereocenters. The van der Waals surface area contributed by atoms with Gasteiger partial charge in [-0.25, -0.2) is 0 Å². The first-order valence-electron chi connectivity index (χ1n) is 5.24. The van der Waals surface area contributed by atoms with E-state index >= 15 is 0 Å². The Hall–Kier alpha value is -0.160. The van der Waals surface area contributed by atoms with Crippen LogP contribution in [-0.4, -0.2) is 44.8 Å². The van der Waals surface area contributed by atoms with Gasteiger partial charge in [0.1, 0.15) is 0 Å². The highest BCUT2D eigenvalue weighted by atomic mass is 15.3. The first kappa shape index (κ1) is 10.9. The Balaban J connectivity index is 2.11. The molecule has 0 aliphatic carbocycles. The van der Waals surface area contributed by atoms with E-state index in [1.807, 2.05) is 0 Å². The normalized spacial score (nSPS) is 24.7. The highest BCUT2D eigenvalue weighted by Gasteiger charge is 1.98. The van der Waals surface area contributed by atoms with Crippen molar-refractivity contribution in [1.82, 2.24) is 21.1 Å². The van der Waals surface area contributed by atoms with Crippen LogP contribution < -0.4 is 16.2 Å². The molecular formula is C9H22N4. The van der Waals surface area contributed by atoms with Crippen LogP contribution in [0, 0.1) is 0 Å². The summed E-state index contributed by atoms with van der Waals surface area (Å²) >= 11 is 0. The van der Waals surface area contributed by atoms with E-state index in [0.717, 1.165) is 32.8 Å². The summed E-state index contributed by atoms with van der Waals surface area (Å²) in [5.41, 5.74) is 6.45. The van der Waals surface area contributed by atoms with Crippen LogP contribution in [0.2, 0.25) is 0 Å². The molecule has 0 unspecified atom stereocenters. The fourth-order valence-corrected chi connectivity index (χ4v) is 1.43. The average Bonchev–Trinajstić information content (AvgIpc) is 2.11. The van der Waals surface area contributed by atoms with Crippen LogP contribution in [0.5, 0.6) is 0 Å². The number of hydrogen-bond donors (Lipinski definition) is 3. The van der Waals surface area contributed by atoms with Gasteiger partial charge in [0.05, 0.1) is 0 Å². The lowest BCUT2D eigenvalue weighted by Crippen LogP contribution is -2.38. The van der Waals surface area contributed by atoms with Gasteiger partial charge in [0.15, 0.2) is 0 Å². The van der Waals surface area contributed by atoms with Crippen molar-refractivity contribution in [2.45, 2.75) is 19.3 Å². The topological polar surface area (TPSA) is 39.3 Å². The van der Waals surface area contributed by atoms with Gasteiger partial charge in [0.2, 0.25) is 0 Å². The van der Waals surface area contributed by atoms with E-state index in [-0.39, 0.29) is 0 Å². The number of nitrogens with zero attached hydrogens (tertiary/aromatic N) is 1. The van der Waals surface area contributed by atoms with E-state index in [9.17, 15) is 0 Å². The molecule has 0 aromatic rings. The van der Waals surface area contributed by atoms with Gasteiger partial charge in [0, 0.05) is 26.3 Å². The van der Waals surface area contributed by atoms with Gasteiger partial charge in [-0.1, -0.05) is 0 Å². The SMILES string of the molecule is CN1CCCNNCCCCNC1. The molecule has 13 heavy (non-hydrogen) atoms. The first-order chi connectivity index (χ1) is 6.39. The molecule has 1 saturated heterocycles. The fraction of sp³-hybridized carbons (Fsp3) is 1.00. The smallest absolute Gasteiger partial charge is 0.0477 e. The third-order valence-electron chi connectivity index (χ3n) is 2.25. The molecule has 4 heteroatoms. The van der Waals surface area contributed by atoms with Gasteiger partial charge in [-0.15, -0.1) is 0 Å². The second-order valence-electron chi connectivity index (χ2n) is 3.65. The molecule has 1 heterocycles. The molecule has 0 aromatic heterocycles. The van der Waals surface area contributed by atoms with Crippen LogP contribution in [0.25, 0.3) is 0 Å². The van der Waals surface area contributed by atoms with E-state index < -0.39 is 0 Å². The standard InChI is InChI=1S/C9H22N4/c1-13-8-4-7-12-11-6-3-2-5-10-9-13/h10-12H,2-9H2,1H3. The Morgan fingerprint density at radius 2 is 1.62 bits per heavy atom. The summed E-state index contributed by atoms with van der Waals surface area (Å²) in [4.78, 5) is 2.32. The van der Waals surface area contributed by atoms with Gasteiger partial charge < -0.3 is 5.32 Å². The van der Waals surface area contributed by atoms with Crippen LogP contribution in [0.4, 0.5) is 0 Å². The molecule has 0 saturated carbocycles. The predicted octanol–water partition coefficient (Wildman–Crippen LogP) is -0.257. The molecule has 3 N–H and O–H groups in total. The zero-order chi connectivity index (χ0) is 9.36. The maximum atomic E-state index is 3.43. The quantitative estimate of drug-likeness (QED) is 0.487. The molecule has 1 aliphatic rings. The summed E-state index contributed by atoms with van der Waals surface area (Å²) in [6, 6.07) is 0. The van der Waals surface area contributed by atoms with Crippen LogP contribution in [0.1, 0.15) is 19.3 Å². The summed E-state index contributed by atoms with van der Waals surface area (Å²) in [7, 11) is 2.16. The van der Waals surface area contributed by atoms with E-state index in [1.54, 1.807) is 0 Å². The van der Waals surface area contributed by atoms with Crippen LogP contribution in [0.15, 0.2) is 0 Å². The minimum atomic E-state index is 1.02. The lowest BCUT2D eigenvalue weighted by Gasteiger charge is -2.18. The average molecular weight is 186 g/mol. The highest BCUT2D eigenvalue weighted by molar-refractivity contribution is 4.55. The largest absolute Gasteiger partial charge is 0.304 e. The monoisotopic (exact) mass is 186 g/mol. The van der Waals surface area contributed by atoms with Gasteiger partial charge in [-0.3, -0.25) is 15.8 Å². The van der Waals surface area contributed by atoms with Gasteiger partial charge in [0.25, 0.3) is 0 Å². The zero-order valence-corrected chi connectivity index (χ0v) is 8.60. The molecule has 1 fully saturated rings. The van der Waals surface area contributed by atoms with E-state index in [0.29, 0.717) is 0 Å².